The Morgan fingerprint density at radius 2 is 1.65 bits per heavy atom. The van der Waals surface area contributed by atoms with E-state index in [-0.39, 0.29) is 10.5 Å². The number of carbonyl (C=O) groups excluding carboxylic acids is 1. The fourth-order valence-electron chi connectivity index (χ4n) is 3.52. The molecule has 2 aromatic rings. The van der Waals surface area contributed by atoms with Crippen LogP contribution in [0.1, 0.15) is 34.8 Å². The van der Waals surface area contributed by atoms with Gasteiger partial charge >= 0.3 is 0 Å². The lowest BCUT2D eigenvalue weighted by Gasteiger charge is -2.34. The van der Waals surface area contributed by atoms with Gasteiger partial charge in [-0.2, -0.15) is 0 Å². The normalized spacial score (nSPS) is 16.2. The van der Waals surface area contributed by atoms with E-state index in [9.17, 15) is 4.79 Å². The molecule has 1 unspecified atom stereocenters. The van der Waals surface area contributed by atoms with Crippen LogP contribution >= 0.6 is 11.8 Å². The Balaban J connectivity index is 2.30. The molecule has 0 aliphatic heterocycles. The summed E-state index contributed by atoms with van der Waals surface area (Å²) in [5.74, 6) is 0.147. The highest BCUT2D eigenvalue weighted by molar-refractivity contribution is 8.00. The fraction of sp³-hybridized carbons (Fsp3) is 0.190. The minimum Gasteiger partial charge on any atom is -0.289 e. The summed E-state index contributed by atoms with van der Waals surface area (Å²) in [4.78, 5) is 12.7. The summed E-state index contributed by atoms with van der Waals surface area (Å²) in [6, 6.07) is 18.4. The summed E-state index contributed by atoms with van der Waals surface area (Å²) in [7, 11) is 0. The van der Waals surface area contributed by atoms with Crippen molar-refractivity contribution in [2.75, 3.05) is 6.26 Å². The Morgan fingerprint density at radius 1 is 1.04 bits per heavy atom. The van der Waals surface area contributed by atoms with Gasteiger partial charge in [-0.25, -0.2) is 0 Å². The number of hydrogen-bond donors (Lipinski definition) is 0. The van der Waals surface area contributed by atoms with Crippen LogP contribution in [0.5, 0.6) is 0 Å². The number of benzene rings is 2. The molecular weight excluding hydrogens is 300 g/mol. The van der Waals surface area contributed by atoms with Crippen molar-refractivity contribution in [3.63, 3.8) is 0 Å². The first-order valence-electron chi connectivity index (χ1n) is 7.72. The quantitative estimate of drug-likeness (QED) is 0.677. The van der Waals surface area contributed by atoms with Gasteiger partial charge in [0, 0.05) is 11.1 Å². The van der Waals surface area contributed by atoms with E-state index in [1.54, 1.807) is 11.8 Å². The smallest absolute Gasteiger partial charge is 0.189 e. The summed E-state index contributed by atoms with van der Waals surface area (Å²) < 4.78 is -0.282. The minimum absolute atomic E-state index is 0.147. The van der Waals surface area contributed by atoms with Gasteiger partial charge in [-0.3, -0.25) is 4.79 Å². The van der Waals surface area contributed by atoms with Gasteiger partial charge in [-0.1, -0.05) is 60.7 Å². The lowest BCUT2D eigenvalue weighted by molar-refractivity contribution is 0.103. The molecule has 0 heterocycles. The summed E-state index contributed by atoms with van der Waals surface area (Å²) in [6.07, 6.45) is 4.85. The highest BCUT2D eigenvalue weighted by Gasteiger charge is 2.41. The molecule has 0 radical (unpaired) electrons. The van der Waals surface area contributed by atoms with Crippen LogP contribution in [-0.2, 0) is 4.75 Å². The van der Waals surface area contributed by atoms with Crippen molar-refractivity contribution in [1.82, 2.24) is 0 Å². The molecule has 0 aromatic heterocycles. The first-order chi connectivity index (χ1) is 11.2. The topological polar surface area (TPSA) is 17.1 Å². The molecule has 1 nitrogen and oxygen atoms in total. The van der Waals surface area contributed by atoms with Crippen molar-refractivity contribution < 1.29 is 4.79 Å². The molecule has 0 N–H and O–H groups in total. The van der Waals surface area contributed by atoms with Gasteiger partial charge in [0.2, 0.25) is 0 Å². The zero-order chi connectivity index (χ0) is 16.4. The van der Waals surface area contributed by atoms with E-state index in [2.05, 4.69) is 43.2 Å². The van der Waals surface area contributed by atoms with E-state index in [0.29, 0.717) is 0 Å². The monoisotopic (exact) mass is 320 g/mol. The Kier molecular flexibility index (Phi) is 4.27. The average Bonchev–Trinajstić information content (AvgIpc) is 2.86. The minimum atomic E-state index is -0.282. The van der Waals surface area contributed by atoms with Crippen LogP contribution in [0.4, 0.5) is 0 Å². The van der Waals surface area contributed by atoms with Crippen LogP contribution in [-0.4, -0.2) is 12.0 Å². The summed E-state index contributed by atoms with van der Waals surface area (Å²) >= 11 is 1.78. The van der Waals surface area contributed by atoms with Crippen LogP contribution in [0.25, 0.3) is 5.57 Å². The van der Waals surface area contributed by atoms with Gasteiger partial charge in [-0.05, 0) is 36.3 Å². The fourth-order valence-corrected chi connectivity index (χ4v) is 4.64. The molecule has 1 aliphatic rings. The molecule has 2 aromatic carbocycles. The van der Waals surface area contributed by atoms with Crippen LogP contribution in [0.15, 0.2) is 72.8 Å². The van der Waals surface area contributed by atoms with E-state index in [1.165, 1.54) is 5.56 Å². The molecule has 116 valence electrons. The average molecular weight is 320 g/mol. The van der Waals surface area contributed by atoms with Crippen molar-refractivity contribution in [2.24, 2.45) is 0 Å². The number of rotatable bonds is 5. The second-order valence-electron chi connectivity index (χ2n) is 5.76. The van der Waals surface area contributed by atoms with Gasteiger partial charge in [0.05, 0.1) is 4.75 Å². The SMILES string of the molecule is C=CCC(SC)(C1=C(C)C(=O)c2ccccc21)c1ccccc1. The van der Waals surface area contributed by atoms with Crippen molar-refractivity contribution in [3.8, 4) is 0 Å². The molecule has 23 heavy (non-hydrogen) atoms. The molecule has 1 aliphatic carbocycles. The number of carbonyl (C=O) groups is 1. The molecular formula is C21H20OS. The molecule has 0 spiro atoms. The molecule has 3 rings (SSSR count). The lowest BCUT2D eigenvalue weighted by Crippen LogP contribution is -2.23. The molecule has 0 bridgehead atoms. The Morgan fingerprint density at radius 3 is 2.26 bits per heavy atom. The van der Waals surface area contributed by atoms with Gasteiger partial charge < -0.3 is 0 Å². The zero-order valence-electron chi connectivity index (χ0n) is 13.5. The van der Waals surface area contributed by atoms with Gasteiger partial charge in [0.1, 0.15) is 0 Å². The third-order valence-electron chi connectivity index (χ3n) is 4.58. The number of fused-ring (bicyclic) bond motifs is 1. The third kappa shape index (κ3) is 2.38. The molecule has 0 saturated carbocycles. The number of Topliss-reactive ketones (excluding diaryl/α,β-unsaturated/α-hetero) is 1. The zero-order valence-corrected chi connectivity index (χ0v) is 14.3. The van der Waals surface area contributed by atoms with Crippen molar-refractivity contribution in [1.29, 1.82) is 0 Å². The van der Waals surface area contributed by atoms with Crippen LogP contribution in [0, 0.1) is 0 Å². The number of hydrogen-bond acceptors (Lipinski definition) is 2. The van der Waals surface area contributed by atoms with Crippen LogP contribution < -0.4 is 0 Å². The standard InChI is InChI=1S/C21H20OS/c1-4-14-21(23-3,16-10-6-5-7-11-16)19-15(2)20(22)18-13-9-8-12-17(18)19/h4-13H,1,14H2,2-3H3. The highest BCUT2D eigenvalue weighted by Crippen LogP contribution is 2.53. The number of thioether (sulfide) groups is 1. The van der Waals surface area contributed by atoms with Gasteiger partial charge in [0.25, 0.3) is 0 Å². The van der Waals surface area contributed by atoms with Crippen LogP contribution in [0.2, 0.25) is 0 Å². The number of allylic oxidation sites excluding steroid dienone is 2. The molecule has 0 saturated heterocycles. The van der Waals surface area contributed by atoms with E-state index < -0.39 is 0 Å². The molecule has 0 fully saturated rings. The lowest BCUT2D eigenvalue weighted by atomic mass is 9.83. The largest absolute Gasteiger partial charge is 0.289 e. The first kappa shape index (κ1) is 15.8. The second-order valence-corrected chi connectivity index (χ2v) is 6.87. The van der Waals surface area contributed by atoms with E-state index in [4.69, 9.17) is 0 Å². The van der Waals surface area contributed by atoms with E-state index in [1.807, 2.05) is 37.3 Å². The van der Waals surface area contributed by atoms with Gasteiger partial charge in [0.15, 0.2) is 5.78 Å². The predicted molar refractivity (Wildman–Crippen MR) is 99.8 cm³/mol. The van der Waals surface area contributed by atoms with Gasteiger partial charge in [-0.15, -0.1) is 18.3 Å². The Hall–Kier alpha value is -2.06. The van der Waals surface area contributed by atoms with Crippen molar-refractivity contribution in [2.45, 2.75) is 18.1 Å². The summed E-state index contributed by atoms with van der Waals surface area (Å²) in [5, 5.41) is 0. The first-order valence-corrected chi connectivity index (χ1v) is 8.95. The van der Waals surface area contributed by atoms with Crippen LogP contribution in [0.3, 0.4) is 0 Å². The van der Waals surface area contributed by atoms with Crippen molar-refractivity contribution >= 4 is 23.1 Å². The number of ketones is 1. The molecule has 1 atom stereocenters. The Labute approximate surface area is 142 Å². The molecule has 0 amide bonds. The highest BCUT2D eigenvalue weighted by atomic mass is 32.2. The maximum Gasteiger partial charge on any atom is 0.189 e. The second kappa shape index (κ2) is 6.21. The van der Waals surface area contributed by atoms with Crippen molar-refractivity contribution in [3.05, 3.63) is 89.5 Å². The maximum absolute atomic E-state index is 12.7. The van der Waals surface area contributed by atoms with E-state index >= 15 is 0 Å². The summed E-state index contributed by atoms with van der Waals surface area (Å²) in [6.45, 7) is 5.92. The summed E-state index contributed by atoms with van der Waals surface area (Å²) in [5.41, 5.74) is 5.09. The van der Waals surface area contributed by atoms with E-state index in [0.717, 1.165) is 28.7 Å². The Bertz CT molecular complexity index is 788. The maximum atomic E-state index is 12.7. The third-order valence-corrected chi connectivity index (χ3v) is 5.88. The predicted octanol–water partition coefficient (Wildman–Crippen LogP) is 5.49. The molecule has 2 heteroatoms.